The van der Waals surface area contributed by atoms with E-state index < -0.39 is 0 Å². The lowest BCUT2D eigenvalue weighted by Crippen LogP contribution is -2.30. The molecule has 1 aromatic heterocycles. The van der Waals surface area contributed by atoms with Crippen molar-refractivity contribution in [3.05, 3.63) is 74.6 Å². The van der Waals surface area contributed by atoms with Crippen LogP contribution in [0.25, 0.3) is 10.8 Å². The van der Waals surface area contributed by atoms with Crippen LogP contribution in [-0.2, 0) is 11.2 Å². The van der Waals surface area contributed by atoms with Crippen molar-refractivity contribution in [1.82, 2.24) is 15.5 Å². The first-order valence-electron chi connectivity index (χ1n) is 8.09. The molecule has 1 heterocycles. The molecule has 128 valence electrons. The summed E-state index contributed by atoms with van der Waals surface area (Å²) in [6.07, 6.45) is 0.900. The zero-order valence-electron chi connectivity index (χ0n) is 13.8. The van der Waals surface area contributed by atoms with Crippen molar-refractivity contribution in [3.63, 3.8) is 0 Å². The van der Waals surface area contributed by atoms with Crippen molar-refractivity contribution < 1.29 is 4.79 Å². The Morgan fingerprint density at radius 1 is 1.16 bits per heavy atom. The minimum Gasteiger partial charge on any atom is -0.349 e. The second kappa shape index (κ2) is 7.61. The van der Waals surface area contributed by atoms with Gasteiger partial charge in [0.2, 0.25) is 5.91 Å². The second-order valence-electron chi connectivity index (χ2n) is 5.80. The highest BCUT2D eigenvalue weighted by molar-refractivity contribution is 9.10. The van der Waals surface area contributed by atoms with Crippen molar-refractivity contribution in [2.24, 2.45) is 0 Å². The van der Waals surface area contributed by atoms with E-state index in [1.807, 2.05) is 43.3 Å². The Kier molecular flexibility index (Phi) is 5.28. The fourth-order valence-electron chi connectivity index (χ4n) is 2.82. The van der Waals surface area contributed by atoms with Crippen molar-refractivity contribution in [2.45, 2.75) is 25.8 Å². The first-order chi connectivity index (χ1) is 12.1. The molecule has 0 saturated heterocycles. The van der Waals surface area contributed by atoms with E-state index in [2.05, 4.69) is 31.4 Å². The van der Waals surface area contributed by atoms with Gasteiger partial charge in [0.25, 0.3) is 5.56 Å². The zero-order valence-corrected chi connectivity index (χ0v) is 15.3. The first-order valence-corrected chi connectivity index (χ1v) is 8.89. The third kappa shape index (κ3) is 3.96. The predicted molar refractivity (Wildman–Crippen MR) is 101 cm³/mol. The summed E-state index contributed by atoms with van der Waals surface area (Å²) in [4.78, 5) is 24.3. The number of hydrogen-bond acceptors (Lipinski definition) is 3. The minimum absolute atomic E-state index is 0.0605. The van der Waals surface area contributed by atoms with Gasteiger partial charge in [-0.15, -0.1) is 0 Å². The van der Waals surface area contributed by atoms with Gasteiger partial charge in [0.1, 0.15) is 0 Å². The molecule has 2 aromatic carbocycles. The summed E-state index contributed by atoms with van der Waals surface area (Å²) in [5.41, 5.74) is 1.37. The molecule has 1 atom stereocenters. The third-order valence-corrected chi connectivity index (χ3v) is 4.65. The highest BCUT2D eigenvalue weighted by atomic mass is 79.9. The van der Waals surface area contributed by atoms with E-state index in [9.17, 15) is 9.59 Å². The van der Waals surface area contributed by atoms with Gasteiger partial charge in [-0.1, -0.05) is 53.2 Å². The molecule has 0 aliphatic carbocycles. The molecular formula is C19H18BrN3O2. The van der Waals surface area contributed by atoms with Crippen LogP contribution < -0.4 is 10.9 Å². The van der Waals surface area contributed by atoms with Gasteiger partial charge in [-0.25, -0.2) is 5.10 Å². The number of aromatic nitrogens is 2. The summed E-state index contributed by atoms with van der Waals surface area (Å²) in [6.45, 7) is 2.03. The van der Waals surface area contributed by atoms with Gasteiger partial charge in [0, 0.05) is 9.86 Å². The van der Waals surface area contributed by atoms with Crippen LogP contribution in [0, 0.1) is 0 Å². The second-order valence-corrected chi connectivity index (χ2v) is 6.72. The van der Waals surface area contributed by atoms with Crippen LogP contribution >= 0.6 is 15.9 Å². The summed E-state index contributed by atoms with van der Waals surface area (Å²) in [5.74, 6) is -0.125. The van der Waals surface area contributed by atoms with Gasteiger partial charge in [-0.05, 0) is 30.2 Å². The molecule has 0 aliphatic rings. The number of amides is 1. The number of nitrogens with zero attached hydrogens (tertiary/aromatic N) is 1. The monoisotopic (exact) mass is 399 g/mol. The standard InChI is InChI=1S/C19H18BrN3O2/c1-2-16(12-7-9-13(20)10-8-12)21-18(24)11-17-14-5-3-4-6-15(14)19(25)23-22-17/h3-10,16H,2,11H2,1H3,(H,21,24)(H,23,25). The van der Waals surface area contributed by atoms with Crippen LogP contribution in [0.1, 0.15) is 30.6 Å². The number of carbonyl (C=O) groups is 1. The smallest absolute Gasteiger partial charge is 0.272 e. The molecular weight excluding hydrogens is 382 g/mol. The number of benzene rings is 2. The summed E-state index contributed by atoms with van der Waals surface area (Å²) >= 11 is 3.42. The Morgan fingerprint density at radius 2 is 1.84 bits per heavy atom. The van der Waals surface area contributed by atoms with Crippen LogP contribution in [0.15, 0.2) is 57.8 Å². The van der Waals surface area contributed by atoms with E-state index in [-0.39, 0.29) is 23.9 Å². The number of fused-ring (bicyclic) bond motifs is 1. The van der Waals surface area contributed by atoms with Crippen LogP contribution in [0.4, 0.5) is 0 Å². The third-order valence-electron chi connectivity index (χ3n) is 4.12. The summed E-state index contributed by atoms with van der Waals surface area (Å²) < 4.78 is 1.00. The normalized spacial score (nSPS) is 12.1. The lowest BCUT2D eigenvalue weighted by atomic mass is 10.0. The Morgan fingerprint density at radius 3 is 2.52 bits per heavy atom. The van der Waals surface area contributed by atoms with E-state index in [0.717, 1.165) is 16.5 Å². The summed E-state index contributed by atoms with van der Waals surface area (Å²) in [7, 11) is 0. The quantitative estimate of drug-likeness (QED) is 0.689. The van der Waals surface area contributed by atoms with Gasteiger partial charge >= 0.3 is 0 Å². The van der Waals surface area contributed by atoms with E-state index in [1.165, 1.54) is 0 Å². The molecule has 0 fully saturated rings. The van der Waals surface area contributed by atoms with Gasteiger partial charge < -0.3 is 5.32 Å². The SMILES string of the molecule is CCC(NC(=O)Cc1n[nH]c(=O)c2ccccc12)c1ccc(Br)cc1. The highest BCUT2D eigenvalue weighted by Crippen LogP contribution is 2.20. The Hall–Kier alpha value is -2.47. The van der Waals surface area contributed by atoms with E-state index in [4.69, 9.17) is 0 Å². The number of halogens is 1. The average molecular weight is 400 g/mol. The first kappa shape index (κ1) is 17.4. The fraction of sp³-hybridized carbons (Fsp3) is 0.211. The Labute approximate surface area is 153 Å². The van der Waals surface area contributed by atoms with E-state index in [1.54, 1.807) is 12.1 Å². The molecule has 5 nitrogen and oxygen atoms in total. The van der Waals surface area contributed by atoms with Crippen LogP contribution in [0.5, 0.6) is 0 Å². The van der Waals surface area contributed by atoms with Crippen LogP contribution in [0.3, 0.4) is 0 Å². The van der Waals surface area contributed by atoms with E-state index in [0.29, 0.717) is 16.5 Å². The number of rotatable bonds is 5. The molecule has 6 heteroatoms. The molecule has 0 saturated carbocycles. The van der Waals surface area contributed by atoms with Crippen LogP contribution in [-0.4, -0.2) is 16.1 Å². The maximum absolute atomic E-state index is 12.5. The van der Waals surface area contributed by atoms with Gasteiger partial charge in [-0.2, -0.15) is 5.10 Å². The maximum Gasteiger partial charge on any atom is 0.272 e. The molecule has 0 bridgehead atoms. The van der Waals surface area contributed by atoms with Gasteiger partial charge in [0.05, 0.1) is 23.5 Å². The largest absolute Gasteiger partial charge is 0.349 e. The number of H-pyrrole nitrogens is 1. The molecule has 0 radical (unpaired) electrons. The maximum atomic E-state index is 12.5. The number of hydrogen-bond donors (Lipinski definition) is 2. The number of aromatic amines is 1. The molecule has 3 aromatic rings. The Bertz CT molecular complexity index is 951. The lowest BCUT2D eigenvalue weighted by molar-refractivity contribution is -0.121. The van der Waals surface area contributed by atoms with Crippen molar-refractivity contribution in [3.8, 4) is 0 Å². The van der Waals surface area contributed by atoms with Crippen molar-refractivity contribution in [1.29, 1.82) is 0 Å². The predicted octanol–water partition coefficient (Wildman–Crippen LogP) is 3.50. The van der Waals surface area contributed by atoms with Gasteiger partial charge in [-0.3, -0.25) is 9.59 Å². The summed E-state index contributed by atoms with van der Waals surface area (Å²) in [6, 6.07) is 15.0. The minimum atomic E-state index is -0.249. The van der Waals surface area contributed by atoms with E-state index >= 15 is 0 Å². The molecule has 1 unspecified atom stereocenters. The highest BCUT2D eigenvalue weighted by Gasteiger charge is 2.15. The van der Waals surface area contributed by atoms with Gasteiger partial charge in [0.15, 0.2) is 0 Å². The molecule has 0 aliphatic heterocycles. The molecule has 2 N–H and O–H groups in total. The number of nitrogens with one attached hydrogen (secondary N) is 2. The average Bonchev–Trinajstić information content (AvgIpc) is 2.63. The van der Waals surface area contributed by atoms with Crippen molar-refractivity contribution >= 4 is 32.6 Å². The fourth-order valence-corrected chi connectivity index (χ4v) is 3.08. The number of carbonyl (C=O) groups excluding carboxylic acids is 1. The lowest BCUT2D eigenvalue weighted by Gasteiger charge is -2.17. The molecule has 25 heavy (non-hydrogen) atoms. The molecule has 1 amide bonds. The topological polar surface area (TPSA) is 74.8 Å². The Balaban J connectivity index is 1.79. The molecule has 3 rings (SSSR count). The summed E-state index contributed by atoms with van der Waals surface area (Å²) in [5, 5.41) is 10.8. The van der Waals surface area contributed by atoms with Crippen molar-refractivity contribution in [2.75, 3.05) is 0 Å². The van der Waals surface area contributed by atoms with Crippen LogP contribution in [0.2, 0.25) is 0 Å². The molecule has 0 spiro atoms. The zero-order chi connectivity index (χ0) is 17.8.